The van der Waals surface area contributed by atoms with Crippen LogP contribution in [0.3, 0.4) is 0 Å². The molecule has 0 bridgehead atoms. The van der Waals surface area contributed by atoms with Gasteiger partial charge in [-0.25, -0.2) is 13.6 Å². The van der Waals surface area contributed by atoms with Crippen LogP contribution in [0.15, 0.2) is 12.1 Å². The Balaban J connectivity index is 2.84. The third-order valence-electron chi connectivity index (χ3n) is 2.26. The number of carbonyl (C=O) groups excluding carboxylic acids is 1. The quantitative estimate of drug-likeness (QED) is 0.489. The van der Waals surface area contributed by atoms with Gasteiger partial charge in [-0.3, -0.25) is 0 Å². The molecule has 6 heteroatoms. The molecule has 0 saturated heterocycles. The molecule has 0 fully saturated rings. The molecule has 0 radical (unpaired) electrons. The van der Waals surface area contributed by atoms with Gasteiger partial charge in [0.2, 0.25) is 0 Å². The molecule has 0 aliphatic rings. The lowest BCUT2D eigenvalue weighted by atomic mass is 10.2. The van der Waals surface area contributed by atoms with Gasteiger partial charge in [0.15, 0.2) is 5.82 Å². The van der Waals surface area contributed by atoms with Crippen molar-refractivity contribution in [1.29, 1.82) is 0 Å². The van der Waals surface area contributed by atoms with Gasteiger partial charge in [-0.1, -0.05) is 25.3 Å². The van der Waals surface area contributed by atoms with Crippen LogP contribution in [0.2, 0.25) is 0 Å². The highest BCUT2D eigenvalue weighted by Crippen LogP contribution is 2.24. The molecule has 0 saturated carbocycles. The van der Waals surface area contributed by atoms with E-state index in [-0.39, 0.29) is 5.69 Å². The topological polar surface area (TPSA) is 38.3 Å². The van der Waals surface area contributed by atoms with Crippen molar-refractivity contribution in [3.05, 3.63) is 29.3 Å². The lowest BCUT2D eigenvalue weighted by Crippen LogP contribution is -2.09. The maximum absolute atomic E-state index is 13.9. The Hall–Kier alpha value is -1.30. The normalized spacial score (nSPS) is 10.2. The predicted molar refractivity (Wildman–Crippen MR) is 68.7 cm³/mol. The van der Waals surface area contributed by atoms with Gasteiger partial charge in [0.05, 0.1) is 12.8 Å². The van der Waals surface area contributed by atoms with Crippen LogP contribution in [-0.4, -0.2) is 18.8 Å². The summed E-state index contributed by atoms with van der Waals surface area (Å²) in [7, 11) is 1.08. The first kappa shape index (κ1) is 14.8. The van der Waals surface area contributed by atoms with Crippen molar-refractivity contribution in [2.75, 3.05) is 17.6 Å². The van der Waals surface area contributed by atoms with Gasteiger partial charge in [-0.05, 0) is 18.6 Å². The van der Waals surface area contributed by atoms with Crippen LogP contribution < -0.4 is 4.72 Å². The van der Waals surface area contributed by atoms with E-state index in [1.54, 1.807) is 0 Å². The van der Waals surface area contributed by atoms with Crippen molar-refractivity contribution in [3.63, 3.8) is 0 Å². The van der Waals surface area contributed by atoms with E-state index in [2.05, 4.69) is 9.46 Å². The molecule has 0 heterocycles. The summed E-state index contributed by atoms with van der Waals surface area (Å²) in [6.07, 6.45) is 2.03. The van der Waals surface area contributed by atoms with Crippen LogP contribution >= 0.6 is 11.9 Å². The Morgan fingerprint density at radius 2 is 2.17 bits per heavy atom. The van der Waals surface area contributed by atoms with Crippen LogP contribution in [0.25, 0.3) is 0 Å². The highest BCUT2D eigenvalue weighted by molar-refractivity contribution is 8.00. The van der Waals surface area contributed by atoms with Crippen molar-refractivity contribution < 1.29 is 18.3 Å². The number of hydrogen-bond donors (Lipinski definition) is 1. The molecule has 1 aromatic rings. The molecule has 0 aromatic heterocycles. The second-order valence-electron chi connectivity index (χ2n) is 3.58. The smallest absolute Gasteiger partial charge is 0.343 e. The van der Waals surface area contributed by atoms with E-state index in [1.165, 1.54) is 18.0 Å². The van der Waals surface area contributed by atoms with Gasteiger partial charge in [-0.15, -0.1) is 0 Å². The predicted octanol–water partition coefficient (Wildman–Crippen LogP) is 3.61. The summed E-state index contributed by atoms with van der Waals surface area (Å²) in [5.41, 5.74) is -0.587. The lowest BCUT2D eigenvalue weighted by molar-refractivity contribution is 0.0590. The minimum Gasteiger partial charge on any atom is -0.465 e. The van der Waals surface area contributed by atoms with E-state index in [0.29, 0.717) is 0 Å². The van der Waals surface area contributed by atoms with E-state index in [1.807, 2.05) is 6.92 Å². The van der Waals surface area contributed by atoms with Crippen LogP contribution in [0.1, 0.15) is 30.1 Å². The lowest BCUT2D eigenvalue weighted by Gasteiger charge is -2.09. The summed E-state index contributed by atoms with van der Waals surface area (Å²) in [5.74, 6) is -2.07. The molecule has 1 rings (SSSR count). The monoisotopic (exact) mass is 275 g/mol. The number of hydrogen-bond acceptors (Lipinski definition) is 4. The molecule has 100 valence electrons. The second kappa shape index (κ2) is 7.20. The van der Waals surface area contributed by atoms with Gasteiger partial charge >= 0.3 is 5.97 Å². The van der Waals surface area contributed by atoms with Gasteiger partial charge in [-0.2, -0.15) is 0 Å². The molecule has 1 N–H and O–H groups in total. The molecule has 0 unspecified atom stereocenters. The molecule has 0 aliphatic carbocycles. The minimum absolute atomic E-state index is 0.0814. The Morgan fingerprint density at radius 3 is 2.78 bits per heavy atom. The van der Waals surface area contributed by atoms with Crippen LogP contribution in [0.5, 0.6) is 0 Å². The molecule has 3 nitrogen and oxygen atoms in total. The Morgan fingerprint density at radius 1 is 1.44 bits per heavy atom. The first-order valence-corrected chi connectivity index (χ1v) is 6.54. The molecule has 18 heavy (non-hydrogen) atoms. The number of esters is 1. The third kappa shape index (κ3) is 3.60. The van der Waals surface area contributed by atoms with Crippen LogP contribution in [-0.2, 0) is 4.74 Å². The SMILES string of the molecule is CCCCSNc1ccc(F)c(C(=O)OC)c1F. The minimum atomic E-state index is -1.02. The molecule has 0 spiro atoms. The Bertz CT molecular complexity index is 427. The Labute approximate surface area is 109 Å². The van der Waals surface area contributed by atoms with E-state index in [0.717, 1.165) is 31.8 Å². The van der Waals surface area contributed by atoms with Crippen molar-refractivity contribution >= 4 is 23.6 Å². The first-order valence-electron chi connectivity index (χ1n) is 5.56. The highest BCUT2D eigenvalue weighted by atomic mass is 32.2. The fraction of sp³-hybridized carbons (Fsp3) is 0.417. The summed E-state index contributed by atoms with van der Waals surface area (Å²) in [4.78, 5) is 11.2. The van der Waals surface area contributed by atoms with E-state index >= 15 is 0 Å². The van der Waals surface area contributed by atoms with E-state index < -0.39 is 23.2 Å². The third-order valence-corrected chi connectivity index (χ3v) is 3.12. The fourth-order valence-corrected chi connectivity index (χ4v) is 2.11. The zero-order valence-corrected chi connectivity index (χ0v) is 11.1. The van der Waals surface area contributed by atoms with Crippen molar-refractivity contribution in [3.8, 4) is 0 Å². The molecule has 1 aromatic carbocycles. The van der Waals surface area contributed by atoms with Gasteiger partial charge in [0.25, 0.3) is 0 Å². The summed E-state index contributed by atoms with van der Waals surface area (Å²) in [6, 6.07) is 2.30. The number of carbonyl (C=O) groups is 1. The number of benzene rings is 1. The van der Waals surface area contributed by atoms with E-state index in [4.69, 9.17) is 0 Å². The maximum Gasteiger partial charge on any atom is 0.343 e. The number of rotatable bonds is 6. The molecular weight excluding hydrogens is 260 g/mol. The van der Waals surface area contributed by atoms with Crippen molar-refractivity contribution in [2.24, 2.45) is 0 Å². The largest absolute Gasteiger partial charge is 0.465 e. The number of halogens is 2. The average Bonchev–Trinajstić information content (AvgIpc) is 2.36. The van der Waals surface area contributed by atoms with E-state index in [9.17, 15) is 13.6 Å². The molecule has 0 atom stereocenters. The summed E-state index contributed by atoms with van der Waals surface area (Å²) >= 11 is 1.31. The van der Waals surface area contributed by atoms with Gasteiger partial charge in [0.1, 0.15) is 11.4 Å². The summed E-state index contributed by atoms with van der Waals surface area (Å²) in [5, 5.41) is 0. The fourth-order valence-electron chi connectivity index (χ4n) is 1.27. The zero-order chi connectivity index (χ0) is 13.5. The van der Waals surface area contributed by atoms with Gasteiger partial charge in [0, 0.05) is 5.75 Å². The number of unbranched alkanes of at least 4 members (excludes halogenated alkanes) is 1. The standard InChI is InChI=1S/C12H15F2NO2S/c1-3-4-7-18-15-9-6-5-8(13)10(11(9)14)12(16)17-2/h5-6,15H,3-4,7H2,1-2H3. The Kier molecular flexibility index (Phi) is 5.91. The molecule has 0 amide bonds. The number of anilines is 1. The maximum atomic E-state index is 13.9. The molecular formula is C12H15F2NO2S. The van der Waals surface area contributed by atoms with Crippen molar-refractivity contribution in [2.45, 2.75) is 19.8 Å². The second-order valence-corrected chi connectivity index (χ2v) is 4.48. The summed E-state index contributed by atoms with van der Waals surface area (Å²) < 4.78 is 34.3. The number of ether oxygens (including phenoxy) is 1. The highest BCUT2D eigenvalue weighted by Gasteiger charge is 2.21. The summed E-state index contributed by atoms with van der Waals surface area (Å²) in [6.45, 7) is 2.05. The van der Waals surface area contributed by atoms with Crippen LogP contribution in [0, 0.1) is 11.6 Å². The number of methoxy groups -OCH3 is 1. The average molecular weight is 275 g/mol. The van der Waals surface area contributed by atoms with Gasteiger partial charge < -0.3 is 9.46 Å². The zero-order valence-electron chi connectivity index (χ0n) is 10.3. The molecule has 0 aliphatic heterocycles. The number of nitrogens with one attached hydrogen (secondary N) is 1. The first-order chi connectivity index (χ1) is 8.61. The van der Waals surface area contributed by atoms with Crippen LogP contribution in [0.4, 0.5) is 14.5 Å². The van der Waals surface area contributed by atoms with Crippen molar-refractivity contribution in [1.82, 2.24) is 0 Å².